The number of carbonyl (C=O) groups is 1. The fourth-order valence-electron chi connectivity index (χ4n) is 3.97. The Labute approximate surface area is 138 Å². The van der Waals surface area contributed by atoms with Gasteiger partial charge in [0.05, 0.1) is 26.4 Å². The average molecular weight is 320 g/mol. The molecule has 2 aliphatic heterocycles. The molecule has 5 heteroatoms. The number of hydrogen-bond donors (Lipinski definition) is 2. The van der Waals surface area contributed by atoms with Gasteiger partial charge in [-0.05, 0) is 0 Å². The predicted molar refractivity (Wildman–Crippen MR) is 86.7 cm³/mol. The highest BCUT2D eigenvalue weighted by Gasteiger charge is 2.43. The maximum absolute atomic E-state index is 12.6. The fourth-order valence-corrected chi connectivity index (χ4v) is 3.97. The predicted octanol–water partition coefficient (Wildman–Crippen LogP) is -1.48. The quantitative estimate of drug-likeness (QED) is 0.695. The Morgan fingerprint density at radius 2 is 1.43 bits per heavy atom. The molecular weight excluding hydrogens is 292 g/mol. The van der Waals surface area contributed by atoms with Gasteiger partial charge in [0.1, 0.15) is 26.2 Å². The van der Waals surface area contributed by atoms with Gasteiger partial charge in [-0.2, -0.15) is 0 Å². The molecule has 0 amide bonds. The van der Waals surface area contributed by atoms with Crippen LogP contribution in [0.5, 0.6) is 0 Å². The molecule has 0 aromatic heterocycles. The van der Waals surface area contributed by atoms with Crippen molar-refractivity contribution in [3.05, 3.63) is 35.9 Å². The minimum atomic E-state index is -0.00519. The maximum atomic E-state index is 12.6. The Kier molecular flexibility index (Phi) is 5.78. The van der Waals surface area contributed by atoms with Crippen molar-refractivity contribution in [2.75, 3.05) is 52.6 Å². The van der Waals surface area contributed by atoms with Crippen LogP contribution in [0.1, 0.15) is 18.5 Å². The van der Waals surface area contributed by atoms with Gasteiger partial charge in [0.15, 0.2) is 11.8 Å². The second-order valence-electron chi connectivity index (χ2n) is 6.52. The smallest absolute Gasteiger partial charge is 0.203 e. The van der Waals surface area contributed by atoms with Crippen LogP contribution in [0.3, 0.4) is 0 Å². The lowest BCUT2D eigenvalue weighted by molar-refractivity contribution is -0.999. The molecule has 2 atom stereocenters. The van der Waals surface area contributed by atoms with Crippen LogP contribution >= 0.6 is 0 Å². The Morgan fingerprint density at radius 3 is 1.96 bits per heavy atom. The van der Waals surface area contributed by atoms with Crippen LogP contribution in [-0.2, 0) is 14.3 Å². The summed E-state index contributed by atoms with van der Waals surface area (Å²) in [5.74, 6) is 0.287. The zero-order chi connectivity index (χ0) is 16.1. The highest BCUT2D eigenvalue weighted by atomic mass is 16.5. The Balaban J connectivity index is 1.91. The average Bonchev–Trinajstić information content (AvgIpc) is 2.61. The lowest BCUT2D eigenvalue weighted by Gasteiger charge is -2.39. The molecule has 1 aromatic carbocycles. The molecule has 0 bridgehead atoms. The summed E-state index contributed by atoms with van der Waals surface area (Å²) in [5.41, 5.74) is 1.27. The molecule has 2 aliphatic rings. The third-order valence-electron chi connectivity index (χ3n) is 5.08. The molecule has 0 unspecified atom stereocenters. The summed E-state index contributed by atoms with van der Waals surface area (Å²) in [7, 11) is 0. The largest absolute Gasteiger partial charge is 0.370 e. The number of benzene rings is 1. The van der Waals surface area contributed by atoms with Gasteiger partial charge in [0.25, 0.3) is 0 Å². The first kappa shape index (κ1) is 16.6. The van der Waals surface area contributed by atoms with E-state index in [9.17, 15) is 4.79 Å². The van der Waals surface area contributed by atoms with E-state index < -0.39 is 0 Å². The monoisotopic (exact) mass is 320 g/mol. The zero-order valence-corrected chi connectivity index (χ0v) is 13.9. The standard InChI is InChI=1S/C18H26N2O3/c1-15(21)17(19-7-11-22-12-8-19)18(16-5-3-2-4-6-16)20-9-13-23-14-10-20/h2-6,17-18H,7-14H2,1H3/p+2/t17-,18+/m0/s1. The maximum Gasteiger partial charge on any atom is 0.203 e. The van der Waals surface area contributed by atoms with Crippen LogP contribution in [0.25, 0.3) is 0 Å². The van der Waals surface area contributed by atoms with E-state index in [1.807, 2.05) is 6.07 Å². The number of ketones is 1. The van der Waals surface area contributed by atoms with Crippen LogP contribution in [-0.4, -0.2) is 64.4 Å². The Morgan fingerprint density at radius 1 is 0.913 bits per heavy atom. The molecule has 3 rings (SSSR count). The van der Waals surface area contributed by atoms with Crippen molar-refractivity contribution < 1.29 is 24.1 Å². The highest BCUT2D eigenvalue weighted by molar-refractivity contribution is 5.80. The number of morpholine rings is 2. The molecule has 23 heavy (non-hydrogen) atoms. The topological polar surface area (TPSA) is 44.4 Å². The van der Waals surface area contributed by atoms with Crippen molar-refractivity contribution in [3.8, 4) is 0 Å². The summed E-state index contributed by atoms with van der Waals surface area (Å²) in [6.07, 6.45) is 0. The number of rotatable bonds is 5. The van der Waals surface area contributed by atoms with Gasteiger partial charge < -0.3 is 19.3 Å². The van der Waals surface area contributed by atoms with Crippen LogP contribution in [0.4, 0.5) is 0 Å². The molecular formula is C18H28N2O3+2. The lowest BCUT2D eigenvalue weighted by atomic mass is 9.93. The van der Waals surface area contributed by atoms with Crippen molar-refractivity contribution in [3.63, 3.8) is 0 Å². The lowest BCUT2D eigenvalue weighted by Crippen LogP contribution is -3.25. The second-order valence-corrected chi connectivity index (χ2v) is 6.52. The molecule has 5 nitrogen and oxygen atoms in total. The molecule has 2 saturated heterocycles. The second kappa shape index (κ2) is 8.02. The summed E-state index contributed by atoms with van der Waals surface area (Å²) in [4.78, 5) is 15.4. The fraction of sp³-hybridized carbons (Fsp3) is 0.611. The number of nitrogens with one attached hydrogen (secondary N) is 2. The minimum absolute atomic E-state index is 0.00519. The van der Waals surface area contributed by atoms with Crippen molar-refractivity contribution in [2.24, 2.45) is 0 Å². The molecule has 0 saturated carbocycles. The van der Waals surface area contributed by atoms with Crippen molar-refractivity contribution in [2.45, 2.75) is 19.0 Å². The highest BCUT2D eigenvalue weighted by Crippen LogP contribution is 2.14. The van der Waals surface area contributed by atoms with Crippen molar-refractivity contribution >= 4 is 5.78 Å². The Hall–Kier alpha value is -1.27. The summed E-state index contributed by atoms with van der Waals surface area (Å²) >= 11 is 0. The van der Waals surface area contributed by atoms with E-state index in [1.165, 1.54) is 15.4 Å². The van der Waals surface area contributed by atoms with Gasteiger partial charge in [0, 0.05) is 12.5 Å². The molecule has 126 valence electrons. The van der Waals surface area contributed by atoms with Crippen molar-refractivity contribution in [1.82, 2.24) is 0 Å². The summed E-state index contributed by atoms with van der Waals surface area (Å²) in [6, 6.07) is 10.7. The van der Waals surface area contributed by atoms with E-state index >= 15 is 0 Å². The van der Waals surface area contributed by atoms with Crippen molar-refractivity contribution in [1.29, 1.82) is 0 Å². The van der Waals surface area contributed by atoms with E-state index in [4.69, 9.17) is 9.47 Å². The van der Waals surface area contributed by atoms with Gasteiger partial charge in [0.2, 0.25) is 6.04 Å². The first-order valence-electron chi connectivity index (χ1n) is 8.67. The normalized spacial score (nSPS) is 23.3. The minimum Gasteiger partial charge on any atom is -0.370 e. The van der Waals surface area contributed by atoms with Gasteiger partial charge in [-0.25, -0.2) is 0 Å². The number of carbonyl (C=O) groups excluding carboxylic acids is 1. The van der Waals surface area contributed by atoms with E-state index in [-0.39, 0.29) is 17.9 Å². The van der Waals surface area contributed by atoms with Crippen LogP contribution in [0.2, 0.25) is 0 Å². The molecule has 2 N–H and O–H groups in total. The molecule has 1 aromatic rings. The number of ether oxygens (including phenoxy) is 2. The first-order valence-corrected chi connectivity index (χ1v) is 8.67. The van der Waals surface area contributed by atoms with Gasteiger partial charge >= 0.3 is 0 Å². The summed E-state index contributed by atoms with van der Waals surface area (Å²) in [6.45, 7) is 8.57. The molecule has 0 aliphatic carbocycles. The van der Waals surface area contributed by atoms with Crippen LogP contribution < -0.4 is 9.80 Å². The first-order chi connectivity index (χ1) is 11.3. The number of hydrogen-bond acceptors (Lipinski definition) is 3. The van der Waals surface area contributed by atoms with Gasteiger partial charge in [-0.3, -0.25) is 4.79 Å². The summed E-state index contributed by atoms with van der Waals surface area (Å²) < 4.78 is 11.0. The molecule has 2 heterocycles. The van der Waals surface area contributed by atoms with E-state index in [1.54, 1.807) is 6.92 Å². The molecule has 0 radical (unpaired) electrons. The third kappa shape index (κ3) is 3.98. The number of quaternary nitrogens is 2. The van der Waals surface area contributed by atoms with E-state index in [0.717, 1.165) is 52.6 Å². The third-order valence-corrected chi connectivity index (χ3v) is 5.08. The van der Waals surface area contributed by atoms with E-state index in [2.05, 4.69) is 24.3 Å². The van der Waals surface area contributed by atoms with Gasteiger partial charge in [-0.15, -0.1) is 0 Å². The Bertz CT molecular complexity index is 496. The zero-order valence-electron chi connectivity index (χ0n) is 13.9. The summed E-state index contributed by atoms with van der Waals surface area (Å²) in [5, 5.41) is 0. The van der Waals surface area contributed by atoms with Crippen LogP contribution in [0, 0.1) is 0 Å². The number of Topliss-reactive ketones (excluding diaryl/α,β-unsaturated/α-hetero) is 1. The van der Waals surface area contributed by atoms with E-state index in [0.29, 0.717) is 0 Å². The SMILES string of the molecule is CC(=O)[C@@H]([C@@H](c1ccccc1)[NH+]1CCOCC1)[NH+]1CCOCC1. The van der Waals surface area contributed by atoms with Gasteiger partial charge in [-0.1, -0.05) is 30.3 Å². The molecule has 0 spiro atoms. The van der Waals surface area contributed by atoms with Crippen LogP contribution in [0.15, 0.2) is 30.3 Å². The molecule has 2 fully saturated rings.